The van der Waals surface area contributed by atoms with Crippen LogP contribution in [0.5, 0.6) is 0 Å². The highest BCUT2D eigenvalue weighted by Crippen LogP contribution is 2.19. The van der Waals surface area contributed by atoms with Crippen LogP contribution >= 0.6 is 0 Å². The highest BCUT2D eigenvalue weighted by Gasteiger charge is 2.36. The molecule has 1 aromatic carbocycles. The third-order valence-corrected chi connectivity index (χ3v) is 3.62. The molecule has 0 radical (unpaired) electrons. The van der Waals surface area contributed by atoms with Gasteiger partial charge in [-0.25, -0.2) is 9.59 Å². The van der Waals surface area contributed by atoms with Crippen LogP contribution in [-0.2, 0) is 30.5 Å². The number of carbonyl (C=O) groups is 3. The van der Waals surface area contributed by atoms with E-state index in [9.17, 15) is 14.4 Å². The topological polar surface area (TPSA) is 72.9 Å². The summed E-state index contributed by atoms with van der Waals surface area (Å²) in [6.45, 7) is 0.509. The molecular weight excluding hydrogens is 286 g/mol. The van der Waals surface area contributed by atoms with Crippen molar-refractivity contribution in [3.8, 4) is 0 Å². The Morgan fingerprint density at radius 1 is 1.18 bits per heavy atom. The minimum Gasteiger partial charge on any atom is -0.462 e. The SMILES string of the molecule is COC(=O)C(=O)N1CCCC[C@H]1C(=O)OCc1ccccc1. The largest absolute Gasteiger partial charge is 0.462 e. The van der Waals surface area contributed by atoms with Crippen molar-refractivity contribution < 1.29 is 23.9 Å². The Morgan fingerprint density at radius 3 is 2.59 bits per heavy atom. The second-order valence-corrected chi connectivity index (χ2v) is 5.10. The fourth-order valence-corrected chi connectivity index (χ4v) is 2.45. The second kappa shape index (κ2) is 7.59. The first kappa shape index (κ1) is 16.0. The Morgan fingerprint density at radius 2 is 1.91 bits per heavy atom. The summed E-state index contributed by atoms with van der Waals surface area (Å²) in [5.41, 5.74) is 0.873. The fourth-order valence-electron chi connectivity index (χ4n) is 2.45. The average molecular weight is 305 g/mol. The molecule has 0 saturated carbocycles. The number of hydrogen-bond donors (Lipinski definition) is 0. The van der Waals surface area contributed by atoms with Crippen molar-refractivity contribution in [3.63, 3.8) is 0 Å². The molecular formula is C16H19NO5. The first-order valence-corrected chi connectivity index (χ1v) is 7.23. The lowest BCUT2D eigenvalue weighted by atomic mass is 10.0. The number of benzene rings is 1. The summed E-state index contributed by atoms with van der Waals surface area (Å²) >= 11 is 0. The Labute approximate surface area is 129 Å². The lowest BCUT2D eigenvalue weighted by molar-refractivity contribution is -0.166. The van der Waals surface area contributed by atoms with Crippen LogP contribution in [0, 0.1) is 0 Å². The first-order chi connectivity index (χ1) is 10.6. The Kier molecular flexibility index (Phi) is 5.52. The molecule has 1 amide bonds. The van der Waals surface area contributed by atoms with Gasteiger partial charge < -0.3 is 14.4 Å². The van der Waals surface area contributed by atoms with Crippen molar-refractivity contribution in [2.75, 3.05) is 13.7 Å². The van der Waals surface area contributed by atoms with Crippen LogP contribution in [0.4, 0.5) is 0 Å². The van der Waals surface area contributed by atoms with E-state index in [1.54, 1.807) is 0 Å². The molecule has 0 spiro atoms. The summed E-state index contributed by atoms with van der Waals surface area (Å²) in [5, 5.41) is 0. The van der Waals surface area contributed by atoms with E-state index in [1.807, 2.05) is 30.3 Å². The Hall–Kier alpha value is -2.37. The predicted octanol–water partition coefficient (Wildman–Crippen LogP) is 1.28. The van der Waals surface area contributed by atoms with Crippen LogP contribution < -0.4 is 0 Å². The fraction of sp³-hybridized carbons (Fsp3) is 0.438. The Bertz CT molecular complexity index is 543. The molecule has 1 saturated heterocycles. The number of ether oxygens (including phenoxy) is 2. The maximum absolute atomic E-state index is 12.2. The van der Waals surface area contributed by atoms with E-state index in [-0.39, 0.29) is 6.61 Å². The zero-order chi connectivity index (χ0) is 15.9. The number of methoxy groups -OCH3 is 1. The van der Waals surface area contributed by atoms with Crippen LogP contribution in [0.3, 0.4) is 0 Å². The molecule has 1 atom stereocenters. The first-order valence-electron chi connectivity index (χ1n) is 7.23. The molecule has 1 aliphatic rings. The van der Waals surface area contributed by atoms with E-state index in [4.69, 9.17) is 4.74 Å². The number of amides is 1. The number of carbonyl (C=O) groups excluding carboxylic acids is 3. The molecule has 118 valence electrons. The van der Waals surface area contributed by atoms with E-state index in [1.165, 1.54) is 4.90 Å². The molecule has 0 aromatic heterocycles. The van der Waals surface area contributed by atoms with Crippen molar-refractivity contribution in [3.05, 3.63) is 35.9 Å². The number of nitrogens with zero attached hydrogens (tertiary/aromatic N) is 1. The number of likely N-dealkylation sites (tertiary alicyclic amines) is 1. The maximum atomic E-state index is 12.2. The smallest absolute Gasteiger partial charge is 0.396 e. The number of rotatable bonds is 3. The zero-order valence-electron chi connectivity index (χ0n) is 12.5. The molecule has 0 aliphatic carbocycles. The summed E-state index contributed by atoms with van der Waals surface area (Å²) in [6.07, 6.45) is 2.07. The van der Waals surface area contributed by atoms with Crippen molar-refractivity contribution in [1.29, 1.82) is 0 Å². The summed E-state index contributed by atoms with van der Waals surface area (Å²) in [7, 11) is 1.15. The molecule has 1 fully saturated rings. The normalized spacial score (nSPS) is 17.7. The number of piperidine rings is 1. The summed E-state index contributed by atoms with van der Waals surface area (Å²) in [6, 6.07) is 8.58. The molecule has 6 heteroatoms. The predicted molar refractivity (Wildman–Crippen MR) is 77.6 cm³/mol. The van der Waals surface area contributed by atoms with Crippen LogP contribution in [0.1, 0.15) is 24.8 Å². The lowest BCUT2D eigenvalue weighted by Crippen LogP contribution is -2.51. The van der Waals surface area contributed by atoms with Gasteiger partial charge in [-0.2, -0.15) is 0 Å². The molecule has 2 rings (SSSR count). The van der Waals surface area contributed by atoms with Gasteiger partial charge in [0.15, 0.2) is 0 Å². The quantitative estimate of drug-likeness (QED) is 0.621. The number of esters is 2. The van der Waals surface area contributed by atoms with Crippen LogP contribution in [-0.4, -0.2) is 42.4 Å². The summed E-state index contributed by atoms with van der Waals surface area (Å²) in [4.78, 5) is 36.8. The van der Waals surface area contributed by atoms with Crippen LogP contribution in [0.2, 0.25) is 0 Å². The lowest BCUT2D eigenvalue weighted by Gasteiger charge is -2.33. The number of hydrogen-bond acceptors (Lipinski definition) is 5. The van der Waals surface area contributed by atoms with E-state index in [2.05, 4.69) is 4.74 Å². The van der Waals surface area contributed by atoms with Crippen molar-refractivity contribution in [2.24, 2.45) is 0 Å². The van der Waals surface area contributed by atoms with E-state index in [0.717, 1.165) is 25.5 Å². The van der Waals surface area contributed by atoms with Gasteiger partial charge in [0, 0.05) is 6.54 Å². The zero-order valence-corrected chi connectivity index (χ0v) is 12.5. The monoisotopic (exact) mass is 305 g/mol. The molecule has 0 unspecified atom stereocenters. The highest BCUT2D eigenvalue weighted by atomic mass is 16.5. The Balaban J connectivity index is 1.99. The van der Waals surface area contributed by atoms with Gasteiger partial charge in [0.2, 0.25) is 0 Å². The minimum atomic E-state index is -0.956. The molecule has 1 aliphatic heterocycles. The van der Waals surface area contributed by atoms with Crippen molar-refractivity contribution >= 4 is 17.8 Å². The average Bonchev–Trinajstić information content (AvgIpc) is 2.59. The molecule has 1 aromatic rings. The minimum absolute atomic E-state index is 0.149. The highest BCUT2D eigenvalue weighted by molar-refractivity contribution is 6.32. The summed E-state index contributed by atoms with van der Waals surface area (Å²) in [5.74, 6) is -2.23. The maximum Gasteiger partial charge on any atom is 0.396 e. The van der Waals surface area contributed by atoms with Gasteiger partial charge >= 0.3 is 17.8 Å². The van der Waals surface area contributed by atoms with Gasteiger partial charge in [0.05, 0.1) is 7.11 Å². The van der Waals surface area contributed by atoms with Gasteiger partial charge in [-0.05, 0) is 24.8 Å². The summed E-state index contributed by atoms with van der Waals surface area (Å²) < 4.78 is 9.72. The third-order valence-electron chi connectivity index (χ3n) is 3.62. The van der Waals surface area contributed by atoms with Crippen LogP contribution in [0.15, 0.2) is 30.3 Å². The second-order valence-electron chi connectivity index (χ2n) is 5.10. The van der Waals surface area contributed by atoms with Crippen LogP contribution in [0.25, 0.3) is 0 Å². The third kappa shape index (κ3) is 3.84. The van der Waals surface area contributed by atoms with Crippen molar-refractivity contribution in [2.45, 2.75) is 31.9 Å². The molecule has 0 N–H and O–H groups in total. The van der Waals surface area contributed by atoms with Gasteiger partial charge in [0.25, 0.3) is 0 Å². The molecule has 1 heterocycles. The molecule has 22 heavy (non-hydrogen) atoms. The van der Waals surface area contributed by atoms with Gasteiger partial charge in [-0.3, -0.25) is 4.79 Å². The van der Waals surface area contributed by atoms with Crippen molar-refractivity contribution in [1.82, 2.24) is 4.90 Å². The molecule has 0 bridgehead atoms. The van der Waals surface area contributed by atoms with E-state index in [0.29, 0.717) is 13.0 Å². The van der Waals surface area contributed by atoms with Gasteiger partial charge in [-0.1, -0.05) is 30.3 Å². The van der Waals surface area contributed by atoms with Gasteiger partial charge in [-0.15, -0.1) is 0 Å². The standard InChI is InChI=1S/C16H19NO5/c1-21-16(20)14(18)17-10-6-5-9-13(17)15(19)22-11-12-7-3-2-4-8-12/h2-4,7-8,13H,5-6,9-11H2,1H3/t13-/m0/s1. The molecule has 6 nitrogen and oxygen atoms in total. The van der Waals surface area contributed by atoms with E-state index < -0.39 is 23.9 Å². The van der Waals surface area contributed by atoms with Gasteiger partial charge in [0.1, 0.15) is 12.6 Å². The van der Waals surface area contributed by atoms with E-state index >= 15 is 0 Å².